The molecule has 158 valence electrons. The molecule has 1 N–H and O–H groups in total. The molecule has 0 aliphatic carbocycles. The smallest absolute Gasteiger partial charge is 0.242 e. The molecule has 2 aromatic carbocycles. The molecule has 0 spiro atoms. The molecular formula is C20H23N5O3S2. The maximum absolute atomic E-state index is 12.8. The van der Waals surface area contributed by atoms with Gasteiger partial charge in [-0.3, -0.25) is 9.36 Å². The van der Waals surface area contributed by atoms with Crippen molar-refractivity contribution >= 4 is 33.4 Å². The number of nitrogens with one attached hydrogen (secondary N) is 1. The fourth-order valence-corrected chi connectivity index (χ4v) is 4.39. The van der Waals surface area contributed by atoms with Gasteiger partial charge in [0.1, 0.15) is 6.33 Å². The van der Waals surface area contributed by atoms with E-state index >= 15 is 0 Å². The van der Waals surface area contributed by atoms with Crippen LogP contribution in [0.3, 0.4) is 0 Å². The third-order valence-corrected chi connectivity index (χ3v) is 7.32. The lowest BCUT2D eigenvalue weighted by molar-refractivity contribution is -0.115. The number of thioether (sulfide) groups is 1. The number of nitrogens with zero attached hydrogens (tertiary/aromatic N) is 4. The molecule has 1 atom stereocenters. The predicted octanol–water partition coefficient (Wildman–Crippen LogP) is 2.95. The number of carbonyl (C=O) groups excluding carboxylic acids is 1. The Balaban J connectivity index is 1.77. The molecule has 1 amide bonds. The fourth-order valence-electron chi connectivity index (χ4n) is 2.62. The van der Waals surface area contributed by atoms with Crippen LogP contribution in [-0.4, -0.2) is 52.7 Å². The van der Waals surface area contributed by atoms with Crippen molar-refractivity contribution in [3.63, 3.8) is 0 Å². The van der Waals surface area contributed by atoms with Crippen LogP contribution in [0.1, 0.15) is 12.5 Å². The molecule has 30 heavy (non-hydrogen) atoms. The number of para-hydroxylation sites is 1. The zero-order valence-corrected chi connectivity index (χ0v) is 18.7. The molecule has 0 bridgehead atoms. The average molecular weight is 446 g/mol. The number of amides is 1. The van der Waals surface area contributed by atoms with E-state index in [1.807, 2.05) is 41.8 Å². The first-order valence-electron chi connectivity index (χ1n) is 9.16. The number of benzene rings is 2. The third-order valence-electron chi connectivity index (χ3n) is 4.45. The Kier molecular flexibility index (Phi) is 6.59. The molecule has 0 aliphatic heterocycles. The van der Waals surface area contributed by atoms with Crippen molar-refractivity contribution in [2.24, 2.45) is 0 Å². The van der Waals surface area contributed by atoms with Gasteiger partial charge in [-0.2, -0.15) is 0 Å². The van der Waals surface area contributed by atoms with E-state index in [1.54, 1.807) is 19.3 Å². The lowest BCUT2D eigenvalue weighted by atomic mass is 10.2. The lowest BCUT2D eigenvalue weighted by Gasteiger charge is -2.16. The zero-order valence-electron chi connectivity index (χ0n) is 17.1. The molecule has 10 heteroatoms. The Bertz CT molecular complexity index is 1140. The predicted molar refractivity (Wildman–Crippen MR) is 117 cm³/mol. The Morgan fingerprint density at radius 2 is 1.87 bits per heavy atom. The SMILES string of the molecule is Cc1ccc(S(=O)(=O)N(C)C)cc1NC(=O)[C@H](C)Sc1nncn1-c1ccccc1. The summed E-state index contributed by atoms with van der Waals surface area (Å²) in [5.41, 5.74) is 2.13. The maximum atomic E-state index is 12.8. The highest BCUT2D eigenvalue weighted by atomic mass is 32.2. The Hall–Kier alpha value is -2.69. The van der Waals surface area contributed by atoms with E-state index in [9.17, 15) is 13.2 Å². The Morgan fingerprint density at radius 3 is 2.53 bits per heavy atom. The van der Waals surface area contributed by atoms with Gasteiger partial charge in [0, 0.05) is 25.5 Å². The molecule has 8 nitrogen and oxygen atoms in total. The van der Waals surface area contributed by atoms with Crippen LogP contribution < -0.4 is 5.32 Å². The Labute approximate surface area is 180 Å². The number of hydrogen-bond acceptors (Lipinski definition) is 6. The number of anilines is 1. The van der Waals surface area contributed by atoms with Crippen LogP contribution in [0.2, 0.25) is 0 Å². The van der Waals surface area contributed by atoms with E-state index in [1.165, 1.54) is 38.0 Å². The first kappa shape index (κ1) is 22.0. The number of sulfonamides is 1. The number of carbonyl (C=O) groups is 1. The summed E-state index contributed by atoms with van der Waals surface area (Å²) in [6.45, 7) is 3.57. The summed E-state index contributed by atoms with van der Waals surface area (Å²) in [4.78, 5) is 12.9. The number of aryl methyl sites for hydroxylation is 1. The molecule has 3 aromatic rings. The molecular weight excluding hydrogens is 422 g/mol. The van der Waals surface area contributed by atoms with Crippen molar-refractivity contribution in [3.05, 3.63) is 60.4 Å². The molecule has 0 aliphatic rings. The highest BCUT2D eigenvalue weighted by Crippen LogP contribution is 2.26. The van der Waals surface area contributed by atoms with Crippen LogP contribution in [-0.2, 0) is 14.8 Å². The van der Waals surface area contributed by atoms with Crippen LogP contribution in [0.4, 0.5) is 5.69 Å². The van der Waals surface area contributed by atoms with Gasteiger partial charge in [-0.1, -0.05) is 36.0 Å². The largest absolute Gasteiger partial charge is 0.325 e. The first-order chi connectivity index (χ1) is 14.2. The van der Waals surface area contributed by atoms with E-state index < -0.39 is 15.3 Å². The van der Waals surface area contributed by atoms with Crippen LogP contribution in [0.5, 0.6) is 0 Å². The van der Waals surface area contributed by atoms with E-state index in [2.05, 4.69) is 15.5 Å². The minimum atomic E-state index is -3.59. The summed E-state index contributed by atoms with van der Waals surface area (Å²) in [7, 11) is -0.660. The van der Waals surface area contributed by atoms with Gasteiger partial charge in [-0.05, 0) is 43.7 Å². The summed E-state index contributed by atoms with van der Waals surface area (Å²) in [5, 5.41) is 11.0. The van der Waals surface area contributed by atoms with Crippen molar-refractivity contribution in [2.45, 2.75) is 29.1 Å². The molecule has 0 fully saturated rings. The van der Waals surface area contributed by atoms with Gasteiger partial charge in [0.25, 0.3) is 0 Å². The first-order valence-corrected chi connectivity index (χ1v) is 11.5. The monoisotopic (exact) mass is 445 g/mol. The van der Waals surface area contributed by atoms with E-state index in [-0.39, 0.29) is 10.8 Å². The van der Waals surface area contributed by atoms with Gasteiger partial charge >= 0.3 is 0 Å². The van der Waals surface area contributed by atoms with Crippen LogP contribution >= 0.6 is 11.8 Å². The van der Waals surface area contributed by atoms with Crippen LogP contribution in [0, 0.1) is 6.92 Å². The molecule has 1 aromatic heterocycles. The van der Waals surface area contributed by atoms with Crippen LogP contribution in [0.25, 0.3) is 5.69 Å². The highest BCUT2D eigenvalue weighted by Gasteiger charge is 2.22. The fraction of sp³-hybridized carbons (Fsp3) is 0.250. The second kappa shape index (κ2) is 8.99. The van der Waals surface area contributed by atoms with Gasteiger partial charge in [-0.15, -0.1) is 10.2 Å². The molecule has 0 radical (unpaired) electrons. The minimum Gasteiger partial charge on any atom is -0.325 e. The molecule has 0 saturated heterocycles. The topological polar surface area (TPSA) is 97.2 Å². The van der Waals surface area contributed by atoms with Crippen molar-refractivity contribution in [1.82, 2.24) is 19.1 Å². The van der Waals surface area contributed by atoms with Crippen molar-refractivity contribution in [2.75, 3.05) is 19.4 Å². The quantitative estimate of drug-likeness (QED) is 0.562. The van der Waals surface area contributed by atoms with E-state index in [0.29, 0.717) is 10.8 Å². The summed E-state index contributed by atoms with van der Waals surface area (Å²) < 4.78 is 27.7. The van der Waals surface area contributed by atoms with Gasteiger partial charge in [-0.25, -0.2) is 12.7 Å². The third kappa shape index (κ3) is 4.72. The second-order valence-electron chi connectivity index (χ2n) is 6.83. The van der Waals surface area contributed by atoms with E-state index in [0.717, 1.165) is 15.6 Å². The maximum Gasteiger partial charge on any atom is 0.242 e. The Morgan fingerprint density at radius 1 is 1.17 bits per heavy atom. The summed E-state index contributed by atoms with van der Waals surface area (Å²) in [6.07, 6.45) is 1.60. The molecule has 1 heterocycles. The number of aromatic nitrogens is 3. The van der Waals surface area contributed by atoms with Crippen LogP contribution in [0.15, 0.2) is 64.9 Å². The zero-order chi connectivity index (χ0) is 21.9. The number of rotatable bonds is 7. The van der Waals surface area contributed by atoms with Crippen molar-refractivity contribution in [3.8, 4) is 5.69 Å². The normalized spacial score (nSPS) is 12.7. The molecule has 0 unspecified atom stereocenters. The number of hydrogen-bond donors (Lipinski definition) is 1. The molecule has 3 rings (SSSR count). The van der Waals surface area contributed by atoms with Crippen molar-refractivity contribution < 1.29 is 13.2 Å². The summed E-state index contributed by atoms with van der Waals surface area (Å²) in [6, 6.07) is 14.3. The highest BCUT2D eigenvalue weighted by molar-refractivity contribution is 8.00. The van der Waals surface area contributed by atoms with Gasteiger partial charge in [0.15, 0.2) is 5.16 Å². The lowest BCUT2D eigenvalue weighted by Crippen LogP contribution is -2.25. The second-order valence-corrected chi connectivity index (χ2v) is 10.3. The average Bonchev–Trinajstić information content (AvgIpc) is 3.18. The minimum absolute atomic E-state index is 0.123. The van der Waals surface area contributed by atoms with Gasteiger partial charge < -0.3 is 5.32 Å². The van der Waals surface area contributed by atoms with E-state index in [4.69, 9.17) is 0 Å². The standard InChI is InChI=1S/C20H23N5O3S2/c1-14-10-11-17(30(27,28)24(3)4)12-18(14)22-19(26)15(2)29-20-23-21-13-25(20)16-8-6-5-7-9-16/h5-13,15H,1-4H3,(H,22,26)/t15-/m0/s1. The summed E-state index contributed by atoms with van der Waals surface area (Å²) >= 11 is 1.27. The van der Waals surface area contributed by atoms with Gasteiger partial charge in [0.2, 0.25) is 15.9 Å². The molecule has 0 saturated carbocycles. The summed E-state index contributed by atoms with van der Waals surface area (Å²) in [5.74, 6) is -0.259. The van der Waals surface area contributed by atoms with Crippen molar-refractivity contribution in [1.29, 1.82) is 0 Å². The van der Waals surface area contributed by atoms with Gasteiger partial charge in [0.05, 0.1) is 10.1 Å².